The molecule has 3 N–H and O–H groups in total. The molecule has 5 heteroatoms. The Labute approximate surface area is 126 Å². The molecule has 0 saturated heterocycles. The standard InChI is InChI=1S/C16H26N2O3/c1-5-12(2)16(3,20)11-18-15(19)17-10-13-6-8-14(21-4)9-7-13/h6-9,12,20H,5,10-11H2,1-4H3,(H2,17,18,19). The Balaban J connectivity index is 2.37. The maximum atomic E-state index is 11.7. The summed E-state index contributed by atoms with van der Waals surface area (Å²) in [5.41, 5.74) is 0.0892. The molecule has 0 fully saturated rings. The fourth-order valence-corrected chi connectivity index (χ4v) is 1.86. The molecule has 0 aliphatic carbocycles. The van der Waals surface area contributed by atoms with Crippen LogP contribution < -0.4 is 15.4 Å². The Morgan fingerprint density at radius 2 is 1.95 bits per heavy atom. The lowest BCUT2D eigenvalue weighted by molar-refractivity contribution is 0.00790. The molecule has 2 unspecified atom stereocenters. The molecule has 0 aliphatic rings. The molecule has 1 aromatic carbocycles. The van der Waals surface area contributed by atoms with E-state index in [2.05, 4.69) is 10.6 Å². The number of carbonyl (C=O) groups excluding carboxylic acids is 1. The lowest BCUT2D eigenvalue weighted by Crippen LogP contribution is -2.47. The Hall–Kier alpha value is -1.75. The van der Waals surface area contributed by atoms with Crippen molar-refractivity contribution in [1.29, 1.82) is 0 Å². The van der Waals surface area contributed by atoms with Crippen molar-refractivity contribution in [2.24, 2.45) is 5.92 Å². The number of aliphatic hydroxyl groups is 1. The van der Waals surface area contributed by atoms with E-state index >= 15 is 0 Å². The third kappa shape index (κ3) is 5.63. The van der Waals surface area contributed by atoms with Gasteiger partial charge in [-0.05, 0) is 30.5 Å². The lowest BCUT2D eigenvalue weighted by atomic mass is 9.89. The minimum absolute atomic E-state index is 0.124. The van der Waals surface area contributed by atoms with E-state index in [0.717, 1.165) is 17.7 Å². The summed E-state index contributed by atoms with van der Waals surface area (Å²) in [6.07, 6.45) is 0.863. The summed E-state index contributed by atoms with van der Waals surface area (Å²) in [5, 5.41) is 15.7. The van der Waals surface area contributed by atoms with Gasteiger partial charge in [-0.25, -0.2) is 4.79 Å². The quantitative estimate of drug-likeness (QED) is 0.722. The van der Waals surface area contributed by atoms with Crippen molar-refractivity contribution >= 4 is 6.03 Å². The Morgan fingerprint density at radius 3 is 2.48 bits per heavy atom. The molecular weight excluding hydrogens is 268 g/mol. The van der Waals surface area contributed by atoms with Crippen LogP contribution in [0.1, 0.15) is 32.8 Å². The van der Waals surface area contributed by atoms with E-state index in [4.69, 9.17) is 4.74 Å². The van der Waals surface area contributed by atoms with Crippen molar-refractivity contribution in [2.75, 3.05) is 13.7 Å². The summed E-state index contributed by atoms with van der Waals surface area (Å²) in [5.74, 6) is 0.909. The number of benzene rings is 1. The third-order valence-corrected chi connectivity index (χ3v) is 3.89. The van der Waals surface area contributed by atoms with E-state index in [9.17, 15) is 9.90 Å². The highest BCUT2D eigenvalue weighted by Crippen LogP contribution is 2.18. The second kappa shape index (κ2) is 7.88. The predicted octanol–water partition coefficient (Wildman–Crippen LogP) is 2.29. The number of methoxy groups -OCH3 is 1. The smallest absolute Gasteiger partial charge is 0.315 e. The first-order valence-electron chi connectivity index (χ1n) is 7.26. The molecule has 0 radical (unpaired) electrons. The van der Waals surface area contributed by atoms with Gasteiger partial charge < -0.3 is 20.5 Å². The number of rotatable bonds is 7. The molecule has 118 valence electrons. The summed E-state index contributed by atoms with van der Waals surface area (Å²) in [6.45, 7) is 6.39. The van der Waals surface area contributed by atoms with Crippen molar-refractivity contribution in [2.45, 2.75) is 39.3 Å². The highest BCUT2D eigenvalue weighted by Gasteiger charge is 2.27. The molecule has 2 amide bonds. The molecule has 0 saturated carbocycles. The molecular formula is C16H26N2O3. The number of urea groups is 1. The van der Waals surface area contributed by atoms with Crippen LogP contribution in [0.5, 0.6) is 5.75 Å². The average molecular weight is 294 g/mol. The normalized spacial score (nSPS) is 14.9. The van der Waals surface area contributed by atoms with Gasteiger partial charge in [-0.2, -0.15) is 0 Å². The topological polar surface area (TPSA) is 70.6 Å². The van der Waals surface area contributed by atoms with Gasteiger partial charge in [-0.15, -0.1) is 0 Å². The first kappa shape index (κ1) is 17.3. The molecule has 1 rings (SSSR count). The fourth-order valence-electron chi connectivity index (χ4n) is 1.86. The summed E-state index contributed by atoms with van der Waals surface area (Å²) < 4.78 is 5.08. The van der Waals surface area contributed by atoms with Crippen LogP contribution in [0.15, 0.2) is 24.3 Å². The fraction of sp³-hybridized carbons (Fsp3) is 0.562. The zero-order chi connectivity index (χ0) is 15.9. The van der Waals surface area contributed by atoms with Crippen molar-refractivity contribution < 1.29 is 14.6 Å². The highest BCUT2D eigenvalue weighted by molar-refractivity contribution is 5.73. The highest BCUT2D eigenvalue weighted by atomic mass is 16.5. The summed E-state index contributed by atoms with van der Waals surface area (Å²) in [4.78, 5) is 11.7. The number of hydrogen-bond acceptors (Lipinski definition) is 3. The second-order valence-electron chi connectivity index (χ2n) is 5.55. The van der Waals surface area contributed by atoms with E-state index in [-0.39, 0.29) is 18.5 Å². The van der Waals surface area contributed by atoms with Gasteiger partial charge in [0.1, 0.15) is 5.75 Å². The summed E-state index contributed by atoms with van der Waals surface area (Å²) in [6, 6.07) is 7.21. The molecule has 2 atom stereocenters. The second-order valence-corrected chi connectivity index (χ2v) is 5.55. The molecule has 0 aromatic heterocycles. The van der Waals surface area contributed by atoms with E-state index in [1.165, 1.54) is 0 Å². The van der Waals surface area contributed by atoms with Crippen LogP contribution in [0.3, 0.4) is 0 Å². The largest absolute Gasteiger partial charge is 0.497 e. The number of nitrogens with one attached hydrogen (secondary N) is 2. The van der Waals surface area contributed by atoms with Crippen molar-refractivity contribution in [1.82, 2.24) is 10.6 Å². The minimum atomic E-state index is -0.897. The van der Waals surface area contributed by atoms with Gasteiger partial charge in [-0.1, -0.05) is 32.4 Å². The van der Waals surface area contributed by atoms with Gasteiger partial charge in [0.15, 0.2) is 0 Å². The Kier molecular flexibility index (Phi) is 6.49. The molecule has 21 heavy (non-hydrogen) atoms. The average Bonchev–Trinajstić information content (AvgIpc) is 2.50. The van der Waals surface area contributed by atoms with Crippen LogP contribution in [0.2, 0.25) is 0 Å². The Bertz CT molecular complexity index is 443. The zero-order valence-electron chi connectivity index (χ0n) is 13.3. The molecule has 0 bridgehead atoms. The van der Waals surface area contributed by atoms with Crippen molar-refractivity contribution in [3.05, 3.63) is 29.8 Å². The van der Waals surface area contributed by atoms with Gasteiger partial charge in [0.25, 0.3) is 0 Å². The first-order chi connectivity index (χ1) is 9.89. The summed E-state index contributed by atoms with van der Waals surface area (Å²) in [7, 11) is 1.61. The van der Waals surface area contributed by atoms with Gasteiger partial charge in [0.2, 0.25) is 0 Å². The predicted molar refractivity (Wildman–Crippen MR) is 83.3 cm³/mol. The van der Waals surface area contributed by atoms with Crippen LogP contribution >= 0.6 is 0 Å². The van der Waals surface area contributed by atoms with E-state index in [1.807, 2.05) is 38.1 Å². The van der Waals surface area contributed by atoms with E-state index in [0.29, 0.717) is 6.54 Å². The number of hydrogen-bond donors (Lipinski definition) is 3. The maximum Gasteiger partial charge on any atom is 0.315 e. The van der Waals surface area contributed by atoms with Gasteiger partial charge >= 0.3 is 6.03 Å². The minimum Gasteiger partial charge on any atom is -0.497 e. The SMILES string of the molecule is CCC(C)C(C)(O)CNC(=O)NCc1ccc(OC)cc1. The van der Waals surface area contributed by atoms with Crippen LogP contribution in [-0.4, -0.2) is 30.4 Å². The summed E-state index contributed by atoms with van der Waals surface area (Å²) >= 11 is 0. The first-order valence-corrected chi connectivity index (χ1v) is 7.26. The number of ether oxygens (including phenoxy) is 1. The molecule has 0 aliphatic heterocycles. The van der Waals surface area contributed by atoms with Crippen LogP contribution in [-0.2, 0) is 6.54 Å². The lowest BCUT2D eigenvalue weighted by Gasteiger charge is -2.29. The van der Waals surface area contributed by atoms with Crippen LogP contribution in [0.4, 0.5) is 4.79 Å². The molecule has 5 nitrogen and oxygen atoms in total. The Morgan fingerprint density at radius 1 is 1.33 bits per heavy atom. The van der Waals surface area contributed by atoms with Crippen LogP contribution in [0.25, 0.3) is 0 Å². The number of amides is 2. The molecule has 0 heterocycles. The third-order valence-electron chi connectivity index (χ3n) is 3.89. The maximum absolute atomic E-state index is 11.7. The van der Waals surface area contributed by atoms with Crippen LogP contribution in [0, 0.1) is 5.92 Å². The monoisotopic (exact) mass is 294 g/mol. The molecule has 0 spiro atoms. The van der Waals surface area contributed by atoms with Gasteiger partial charge in [-0.3, -0.25) is 0 Å². The van der Waals surface area contributed by atoms with Gasteiger partial charge in [0, 0.05) is 13.1 Å². The van der Waals surface area contributed by atoms with Gasteiger partial charge in [0.05, 0.1) is 12.7 Å². The van der Waals surface area contributed by atoms with Crippen molar-refractivity contribution in [3.8, 4) is 5.75 Å². The van der Waals surface area contributed by atoms with E-state index < -0.39 is 5.60 Å². The zero-order valence-corrected chi connectivity index (χ0v) is 13.3. The number of carbonyl (C=O) groups is 1. The van der Waals surface area contributed by atoms with E-state index in [1.54, 1.807) is 14.0 Å². The molecule has 1 aromatic rings. The van der Waals surface area contributed by atoms with Crippen molar-refractivity contribution in [3.63, 3.8) is 0 Å².